The van der Waals surface area contributed by atoms with E-state index in [1.165, 1.54) is 24.8 Å². The van der Waals surface area contributed by atoms with Crippen molar-refractivity contribution in [3.8, 4) is 0 Å². The second-order valence-electron chi connectivity index (χ2n) is 4.18. The van der Waals surface area contributed by atoms with E-state index in [1.54, 1.807) is 18.2 Å². The maximum absolute atomic E-state index is 12.4. The van der Waals surface area contributed by atoms with Gasteiger partial charge in [0.1, 0.15) is 5.03 Å². The lowest BCUT2D eigenvalue weighted by molar-refractivity contribution is -0.137. The van der Waals surface area contributed by atoms with Gasteiger partial charge in [0.05, 0.1) is 10.6 Å². The van der Waals surface area contributed by atoms with Crippen molar-refractivity contribution in [3.63, 3.8) is 0 Å². The number of rotatable bonds is 3. The van der Waals surface area contributed by atoms with E-state index in [1.807, 2.05) is 0 Å². The Labute approximate surface area is 128 Å². The first-order valence-electron chi connectivity index (χ1n) is 5.79. The summed E-state index contributed by atoms with van der Waals surface area (Å²) in [7, 11) is 0. The molecule has 0 atom stereocenters. The average Bonchev–Trinajstić information content (AvgIpc) is 2.38. The lowest BCUT2D eigenvalue weighted by Gasteiger charge is -2.07. The quantitative estimate of drug-likeness (QED) is 0.732. The molecular formula is C14H9ClF3NOS. The van der Waals surface area contributed by atoms with E-state index >= 15 is 0 Å². The fourth-order valence-electron chi connectivity index (χ4n) is 1.57. The molecule has 0 amide bonds. The molecular weight excluding hydrogens is 323 g/mol. The second kappa shape index (κ2) is 6.07. The fourth-order valence-corrected chi connectivity index (χ4v) is 2.75. The Morgan fingerprint density at radius 1 is 1.24 bits per heavy atom. The van der Waals surface area contributed by atoms with Crippen molar-refractivity contribution in [2.45, 2.75) is 23.0 Å². The van der Waals surface area contributed by atoms with Crippen LogP contribution in [-0.2, 0) is 6.18 Å². The van der Waals surface area contributed by atoms with Crippen LogP contribution in [-0.4, -0.2) is 10.8 Å². The molecule has 21 heavy (non-hydrogen) atoms. The number of hydrogen-bond donors (Lipinski definition) is 0. The van der Waals surface area contributed by atoms with Crippen molar-refractivity contribution < 1.29 is 18.0 Å². The van der Waals surface area contributed by atoms with Gasteiger partial charge in [0.15, 0.2) is 5.78 Å². The van der Waals surface area contributed by atoms with Gasteiger partial charge >= 0.3 is 6.18 Å². The molecule has 0 unspecified atom stereocenters. The highest BCUT2D eigenvalue weighted by atomic mass is 35.5. The smallest absolute Gasteiger partial charge is 0.294 e. The van der Waals surface area contributed by atoms with Gasteiger partial charge in [-0.15, -0.1) is 0 Å². The van der Waals surface area contributed by atoms with Gasteiger partial charge in [0.2, 0.25) is 0 Å². The van der Waals surface area contributed by atoms with Crippen molar-refractivity contribution in [2.24, 2.45) is 0 Å². The predicted octanol–water partition coefficient (Wildman–Crippen LogP) is 5.11. The minimum atomic E-state index is -4.40. The monoisotopic (exact) mass is 331 g/mol. The standard InChI is InChI=1S/C14H9ClF3NOS/c1-8(20)11-4-3-10(6-12(11)15)21-13-5-2-9(7-19-13)14(16,17)18/h2-7H,1H3. The molecule has 0 aliphatic carbocycles. The zero-order chi connectivity index (χ0) is 15.6. The molecule has 0 aliphatic rings. The molecule has 2 rings (SSSR count). The van der Waals surface area contributed by atoms with Crippen LogP contribution in [0.4, 0.5) is 13.2 Å². The van der Waals surface area contributed by atoms with Crippen molar-refractivity contribution in [2.75, 3.05) is 0 Å². The van der Waals surface area contributed by atoms with Gasteiger partial charge in [-0.25, -0.2) is 4.98 Å². The Bertz CT molecular complexity index is 671. The summed E-state index contributed by atoms with van der Waals surface area (Å²) in [6.07, 6.45) is -3.61. The Hall–Kier alpha value is -1.53. The van der Waals surface area contributed by atoms with Crippen LogP contribution in [0.25, 0.3) is 0 Å². The summed E-state index contributed by atoms with van der Waals surface area (Å²) in [6, 6.07) is 7.10. The summed E-state index contributed by atoms with van der Waals surface area (Å²) in [4.78, 5) is 15.7. The Kier molecular flexibility index (Phi) is 4.58. The number of aromatic nitrogens is 1. The van der Waals surface area contributed by atoms with E-state index in [4.69, 9.17) is 11.6 Å². The molecule has 0 spiro atoms. The number of ketones is 1. The molecule has 0 radical (unpaired) electrons. The molecule has 0 saturated carbocycles. The number of halogens is 4. The van der Waals surface area contributed by atoms with Gasteiger partial charge in [-0.2, -0.15) is 13.2 Å². The van der Waals surface area contributed by atoms with Crippen molar-refractivity contribution in [1.82, 2.24) is 4.98 Å². The van der Waals surface area contributed by atoms with Crippen LogP contribution in [0.1, 0.15) is 22.8 Å². The van der Waals surface area contributed by atoms with Crippen LogP contribution in [0.15, 0.2) is 46.5 Å². The van der Waals surface area contributed by atoms with E-state index in [0.717, 1.165) is 12.3 Å². The number of benzene rings is 1. The Morgan fingerprint density at radius 2 is 1.95 bits per heavy atom. The Morgan fingerprint density at radius 3 is 2.43 bits per heavy atom. The highest BCUT2D eigenvalue weighted by Crippen LogP contribution is 2.32. The molecule has 0 N–H and O–H groups in total. The lowest BCUT2D eigenvalue weighted by Crippen LogP contribution is -2.05. The number of hydrogen-bond acceptors (Lipinski definition) is 3. The number of nitrogens with zero attached hydrogens (tertiary/aromatic N) is 1. The van der Waals surface area contributed by atoms with Gasteiger partial charge in [-0.05, 0) is 37.3 Å². The molecule has 2 nitrogen and oxygen atoms in total. The summed E-state index contributed by atoms with van der Waals surface area (Å²) >= 11 is 7.14. The molecule has 2 aromatic rings. The van der Waals surface area contributed by atoms with E-state index in [0.29, 0.717) is 20.5 Å². The maximum atomic E-state index is 12.4. The number of pyridine rings is 1. The minimum absolute atomic E-state index is 0.149. The van der Waals surface area contributed by atoms with Gasteiger partial charge < -0.3 is 0 Å². The van der Waals surface area contributed by atoms with Gasteiger partial charge in [-0.3, -0.25) is 4.79 Å². The summed E-state index contributed by atoms with van der Waals surface area (Å²) in [5.74, 6) is -0.149. The van der Waals surface area contributed by atoms with Crippen molar-refractivity contribution >= 4 is 29.1 Å². The number of carbonyl (C=O) groups is 1. The molecule has 0 bridgehead atoms. The first kappa shape index (κ1) is 15.9. The van der Waals surface area contributed by atoms with E-state index in [9.17, 15) is 18.0 Å². The summed E-state index contributed by atoms with van der Waals surface area (Å²) in [5.41, 5.74) is -0.391. The second-order valence-corrected chi connectivity index (χ2v) is 5.68. The third-order valence-electron chi connectivity index (χ3n) is 2.61. The average molecular weight is 332 g/mol. The highest BCUT2D eigenvalue weighted by molar-refractivity contribution is 7.99. The van der Waals surface area contributed by atoms with Crippen LogP contribution in [0.2, 0.25) is 5.02 Å². The molecule has 110 valence electrons. The molecule has 0 aliphatic heterocycles. The lowest BCUT2D eigenvalue weighted by atomic mass is 10.1. The van der Waals surface area contributed by atoms with Crippen LogP contribution in [0, 0.1) is 0 Å². The van der Waals surface area contributed by atoms with E-state index < -0.39 is 11.7 Å². The highest BCUT2D eigenvalue weighted by Gasteiger charge is 2.30. The fraction of sp³-hybridized carbons (Fsp3) is 0.143. The number of Topliss-reactive ketones (excluding diaryl/α,β-unsaturated/α-hetero) is 1. The maximum Gasteiger partial charge on any atom is 0.417 e. The normalized spacial score (nSPS) is 11.5. The number of carbonyl (C=O) groups excluding carboxylic acids is 1. The van der Waals surface area contributed by atoms with Crippen LogP contribution >= 0.6 is 23.4 Å². The predicted molar refractivity (Wildman–Crippen MR) is 74.8 cm³/mol. The van der Waals surface area contributed by atoms with Gasteiger partial charge in [-0.1, -0.05) is 23.4 Å². The zero-order valence-electron chi connectivity index (χ0n) is 10.7. The molecule has 1 heterocycles. The van der Waals surface area contributed by atoms with Crippen LogP contribution in [0.3, 0.4) is 0 Å². The largest absolute Gasteiger partial charge is 0.417 e. The molecule has 1 aromatic heterocycles. The molecule has 0 saturated heterocycles. The third kappa shape index (κ3) is 3.98. The number of alkyl halides is 3. The van der Waals surface area contributed by atoms with Gasteiger partial charge in [0, 0.05) is 16.7 Å². The van der Waals surface area contributed by atoms with Crippen LogP contribution < -0.4 is 0 Å². The SMILES string of the molecule is CC(=O)c1ccc(Sc2ccc(C(F)(F)F)cn2)cc1Cl. The molecule has 1 aromatic carbocycles. The molecule has 7 heteroatoms. The zero-order valence-corrected chi connectivity index (χ0v) is 12.3. The van der Waals surface area contributed by atoms with E-state index in [-0.39, 0.29) is 5.78 Å². The topological polar surface area (TPSA) is 30.0 Å². The summed E-state index contributed by atoms with van der Waals surface area (Å²) < 4.78 is 37.3. The third-order valence-corrected chi connectivity index (χ3v) is 3.86. The Balaban J connectivity index is 2.19. The van der Waals surface area contributed by atoms with Crippen molar-refractivity contribution in [1.29, 1.82) is 0 Å². The summed E-state index contributed by atoms with van der Waals surface area (Å²) in [6.45, 7) is 1.41. The van der Waals surface area contributed by atoms with Crippen molar-refractivity contribution in [3.05, 3.63) is 52.7 Å². The molecule has 0 fully saturated rings. The first-order chi connectivity index (χ1) is 9.77. The summed E-state index contributed by atoms with van der Waals surface area (Å²) in [5, 5.41) is 0.717. The first-order valence-corrected chi connectivity index (χ1v) is 6.98. The van der Waals surface area contributed by atoms with Crippen LogP contribution in [0.5, 0.6) is 0 Å². The minimum Gasteiger partial charge on any atom is -0.294 e. The van der Waals surface area contributed by atoms with E-state index in [2.05, 4.69) is 4.98 Å². The van der Waals surface area contributed by atoms with Gasteiger partial charge in [0.25, 0.3) is 0 Å².